The summed E-state index contributed by atoms with van der Waals surface area (Å²) in [6, 6.07) is 0. The van der Waals surface area contributed by atoms with Crippen LogP contribution in [0.1, 0.15) is 103 Å². The highest BCUT2D eigenvalue weighted by molar-refractivity contribution is 5.76. The number of carbonyl (C=O) groups is 3. The van der Waals surface area contributed by atoms with E-state index >= 15 is 0 Å². The lowest BCUT2D eigenvalue weighted by molar-refractivity contribution is -0.165. The largest absolute Gasteiger partial charge is 0.465 e. The topological polar surface area (TPSA) is 136 Å². The van der Waals surface area contributed by atoms with E-state index < -0.39 is 27.8 Å². The predicted molar refractivity (Wildman–Crippen MR) is 155 cm³/mol. The standard InChI is InChI=1S/C18H32O6.C13H24O5/c1-16(2,3)14(19)21-10-9-12-13(24-18(7,8)23-12)11-22-15(20)17(4,5)6;1-12(2,3)11(15)16-8-10-9(6-7-14)17-13(4,5)18-10/h12-13H,9-11H2,1-8H3;9-10,14H,6-8H2,1-5H3/t12-,13+;9-,10+/m00/s1. The van der Waals surface area contributed by atoms with E-state index in [1.165, 1.54) is 0 Å². The van der Waals surface area contributed by atoms with Crippen LogP contribution in [0.5, 0.6) is 0 Å². The molecule has 0 bridgehead atoms. The fraction of sp³-hybridized carbons (Fsp3) is 0.903. The van der Waals surface area contributed by atoms with Crippen LogP contribution in [0.25, 0.3) is 0 Å². The first-order valence-corrected chi connectivity index (χ1v) is 14.7. The molecule has 2 aliphatic heterocycles. The molecular formula is C31H56O11. The van der Waals surface area contributed by atoms with Crippen LogP contribution in [0, 0.1) is 16.2 Å². The van der Waals surface area contributed by atoms with Crippen LogP contribution < -0.4 is 0 Å². The number of aliphatic hydroxyl groups is 1. The van der Waals surface area contributed by atoms with Crippen molar-refractivity contribution in [1.82, 2.24) is 0 Å². The SMILES string of the molecule is CC1(C)O[C@@H](CCO)[C@@H](COC(=O)C(C)(C)C)O1.CC1(C)O[C@@H](CCOC(=O)C(C)(C)C)[C@@H](COC(=O)C(C)(C)C)O1. The third-order valence-electron chi connectivity index (χ3n) is 6.21. The normalized spacial score (nSPS) is 25.3. The Morgan fingerprint density at radius 2 is 0.881 bits per heavy atom. The third kappa shape index (κ3) is 13.2. The molecule has 246 valence electrons. The summed E-state index contributed by atoms with van der Waals surface area (Å²) < 4.78 is 38.8. The fourth-order valence-corrected chi connectivity index (χ4v) is 3.95. The van der Waals surface area contributed by atoms with Crippen molar-refractivity contribution in [3.8, 4) is 0 Å². The van der Waals surface area contributed by atoms with E-state index in [1.54, 1.807) is 41.5 Å². The molecule has 2 saturated heterocycles. The summed E-state index contributed by atoms with van der Waals surface area (Å²) in [6.45, 7) is 24.0. The average molecular weight is 605 g/mol. The van der Waals surface area contributed by atoms with E-state index in [-0.39, 0.29) is 68.8 Å². The number of carbonyl (C=O) groups excluding carboxylic acids is 3. The Bertz CT molecular complexity index is 890. The lowest BCUT2D eigenvalue weighted by atomic mass is 9.97. The van der Waals surface area contributed by atoms with Crippen molar-refractivity contribution in [2.24, 2.45) is 16.2 Å². The maximum atomic E-state index is 11.9. The van der Waals surface area contributed by atoms with Gasteiger partial charge in [0, 0.05) is 13.0 Å². The Morgan fingerprint density at radius 3 is 1.21 bits per heavy atom. The number of ether oxygens (including phenoxy) is 7. The summed E-state index contributed by atoms with van der Waals surface area (Å²) in [7, 11) is 0. The molecule has 2 heterocycles. The summed E-state index contributed by atoms with van der Waals surface area (Å²) in [5, 5.41) is 8.98. The molecular weight excluding hydrogens is 548 g/mol. The van der Waals surface area contributed by atoms with Gasteiger partial charge >= 0.3 is 17.9 Å². The van der Waals surface area contributed by atoms with Crippen molar-refractivity contribution in [2.45, 2.75) is 139 Å². The molecule has 11 nitrogen and oxygen atoms in total. The summed E-state index contributed by atoms with van der Waals surface area (Å²) in [6.07, 6.45) is -0.263. The van der Waals surface area contributed by atoms with Gasteiger partial charge in [0.15, 0.2) is 11.6 Å². The molecule has 0 radical (unpaired) electrons. The van der Waals surface area contributed by atoms with Crippen LogP contribution in [-0.4, -0.2) is 85.4 Å². The van der Waals surface area contributed by atoms with Gasteiger partial charge in [-0.25, -0.2) is 0 Å². The lowest BCUT2D eigenvalue weighted by Crippen LogP contribution is -2.33. The monoisotopic (exact) mass is 604 g/mol. The first-order valence-electron chi connectivity index (χ1n) is 14.7. The van der Waals surface area contributed by atoms with Crippen LogP contribution in [0.4, 0.5) is 0 Å². The van der Waals surface area contributed by atoms with Gasteiger partial charge in [-0.05, 0) is 96.4 Å². The van der Waals surface area contributed by atoms with Crippen molar-refractivity contribution in [1.29, 1.82) is 0 Å². The van der Waals surface area contributed by atoms with E-state index in [0.29, 0.717) is 12.8 Å². The van der Waals surface area contributed by atoms with Gasteiger partial charge < -0.3 is 38.3 Å². The van der Waals surface area contributed by atoms with Gasteiger partial charge in [0.05, 0.1) is 35.1 Å². The second kappa shape index (κ2) is 14.8. The minimum Gasteiger partial charge on any atom is -0.465 e. The van der Waals surface area contributed by atoms with Gasteiger partial charge in [-0.3, -0.25) is 14.4 Å². The van der Waals surface area contributed by atoms with Crippen LogP contribution >= 0.6 is 0 Å². The zero-order chi connectivity index (χ0) is 32.7. The third-order valence-corrected chi connectivity index (χ3v) is 6.21. The molecule has 2 rings (SSSR count). The number of hydrogen-bond donors (Lipinski definition) is 1. The summed E-state index contributed by atoms with van der Waals surface area (Å²) in [4.78, 5) is 35.4. The highest BCUT2D eigenvalue weighted by Gasteiger charge is 2.43. The molecule has 0 saturated carbocycles. The second-order valence-electron chi connectivity index (χ2n) is 14.8. The Morgan fingerprint density at radius 1 is 0.571 bits per heavy atom. The van der Waals surface area contributed by atoms with Gasteiger partial charge in [-0.2, -0.15) is 0 Å². The van der Waals surface area contributed by atoms with Crippen LogP contribution in [0.2, 0.25) is 0 Å². The van der Waals surface area contributed by atoms with Crippen LogP contribution in [0.15, 0.2) is 0 Å². The smallest absolute Gasteiger partial charge is 0.311 e. The number of aliphatic hydroxyl groups excluding tert-OH is 1. The minimum absolute atomic E-state index is 0.0217. The number of rotatable bonds is 9. The van der Waals surface area contributed by atoms with Crippen LogP contribution in [0.3, 0.4) is 0 Å². The lowest BCUT2D eigenvalue weighted by Gasteiger charge is -2.21. The summed E-state index contributed by atoms with van der Waals surface area (Å²) in [5.41, 5.74) is -1.62. The molecule has 11 heteroatoms. The van der Waals surface area contributed by atoms with Crippen molar-refractivity contribution < 1.29 is 52.6 Å². The van der Waals surface area contributed by atoms with Gasteiger partial charge in [0.1, 0.15) is 25.4 Å². The zero-order valence-electron chi connectivity index (χ0n) is 28.1. The van der Waals surface area contributed by atoms with E-state index in [0.717, 1.165) is 0 Å². The first kappa shape index (κ1) is 38.2. The van der Waals surface area contributed by atoms with Gasteiger partial charge in [0.25, 0.3) is 0 Å². The van der Waals surface area contributed by atoms with Gasteiger partial charge in [-0.1, -0.05) is 0 Å². The Kier molecular flexibility index (Phi) is 13.5. The van der Waals surface area contributed by atoms with Gasteiger partial charge in [0.2, 0.25) is 0 Å². The van der Waals surface area contributed by atoms with E-state index in [9.17, 15) is 14.4 Å². The molecule has 0 aromatic rings. The molecule has 1 N–H and O–H groups in total. The molecule has 0 aromatic carbocycles. The number of hydrogen-bond acceptors (Lipinski definition) is 11. The molecule has 42 heavy (non-hydrogen) atoms. The Balaban J connectivity index is 0.000000437. The van der Waals surface area contributed by atoms with Crippen molar-refractivity contribution in [3.05, 3.63) is 0 Å². The van der Waals surface area contributed by atoms with Crippen molar-refractivity contribution in [2.75, 3.05) is 26.4 Å². The molecule has 0 aromatic heterocycles. The molecule has 2 aliphatic rings. The average Bonchev–Trinajstić information content (AvgIpc) is 3.27. The second-order valence-corrected chi connectivity index (χ2v) is 14.8. The summed E-state index contributed by atoms with van der Waals surface area (Å²) in [5.74, 6) is -2.25. The van der Waals surface area contributed by atoms with Crippen molar-refractivity contribution in [3.63, 3.8) is 0 Å². The first-order chi connectivity index (χ1) is 18.9. The molecule has 0 unspecified atom stereocenters. The van der Waals surface area contributed by atoms with Crippen molar-refractivity contribution >= 4 is 17.9 Å². The maximum Gasteiger partial charge on any atom is 0.311 e. The van der Waals surface area contributed by atoms with Gasteiger partial charge in [-0.15, -0.1) is 0 Å². The van der Waals surface area contributed by atoms with E-state index in [2.05, 4.69) is 0 Å². The molecule has 0 spiro atoms. The number of esters is 3. The minimum atomic E-state index is -0.752. The zero-order valence-corrected chi connectivity index (χ0v) is 28.1. The molecule has 0 amide bonds. The Labute approximate surface area is 252 Å². The Hall–Kier alpha value is -1.79. The quantitative estimate of drug-likeness (QED) is 0.293. The van der Waals surface area contributed by atoms with E-state index in [1.807, 2.05) is 48.5 Å². The summed E-state index contributed by atoms with van der Waals surface area (Å²) >= 11 is 0. The van der Waals surface area contributed by atoms with E-state index in [4.69, 9.17) is 38.3 Å². The molecule has 4 atom stereocenters. The molecule has 0 aliphatic carbocycles. The molecule has 2 fully saturated rings. The highest BCUT2D eigenvalue weighted by Crippen LogP contribution is 2.32. The predicted octanol–water partition coefficient (Wildman–Crippen LogP) is 4.55. The fourth-order valence-electron chi connectivity index (χ4n) is 3.95. The highest BCUT2D eigenvalue weighted by atomic mass is 16.8. The van der Waals surface area contributed by atoms with Crippen LogP contribution in [-0.2, 0) is 47.5 Å². The maximum absolute atomic E-state index is 11.9.